The van der Waals surface area contributed by atoms with Crippen LogP contribution < -0.4 is 11.1 Å². The first kappa shape index (κ1) is 16.0. The van der Waals surface area contributed by atoms with Crippen LogP contribution in [0.2, 0.25) is 5.02 Å². The summed E-state index contributed by atoms with van der Waals surface area (Å²) in [5.41, 5.74) is 6.40. The third-order valence-electron chi connectivity index (χ3n) is 4.01. The first-order valence-electron chi connectivity index (χ1n) is 7.12. The molecule has 1 amide bonds. The number of aliphatic hydroxyl groups is 1. The highest BCUT2D eigenvalue weighted by Gasteiger charge is 2.53. The molecular weight excluding hydrogens is 288 g/mol. The van der Waals surface area contributed by atoms with Gasteiger partial charge in [0.1, 0.15) is 6.10 Å². The molecule has 4 N–H and O–H groups in total. The van der Waals surface area contributed by atoms with Crippen molar-refractivity contribution < 1.29 is 9.90 Å². The van der Waals surface area contributed by atoms with Gasteiger partial charge < -0.3 is 16.2 Å². The van der Waals surface area contributed by atoms with Gasteiger partial charge in [-0.05, 0) is 29.5 Å². The lowest BCUT2D eigenvalue weighted by Gasteiger charge is -2.10. The summed E-state index contributed by atoms with van der Waals surface area (Å²) in [6.07, 6.45) is 2.55. The molecule has 0 aromatic heterocycles. The molecule has 114 valence electrons. The number of rotatable bonds is 6. The zero-order valence-corrected chi connectivity index (χ0v) is 12.8. The molecule has 2 rings (SSSR count). The highest BCUT2D eigenvalue weighted by molar-refractivity contribution is 6.30. The van der Waals surface area contributed by atoms with Gasteiger partial charge in [-0.2, -0.15) is 0 Å². The van der Waals surface area contributed by atoms with Crippen molar-refractivity contribution in [1.82, 2.24) is 5.32 Å². The molecule has 0 bridgehead atoms. The molecule has 0 saturated heterocycles. The minimum atomic E-state index is -0.991. The predicted molar refractivity (Wildman–Crippen MR) is 84.1 cm³/mol. The number of halogens is 1. The van der Waals surface area contributed by atoms with Gasteiger partial charge in [0.15, 0.2) is 0 Å². The lowest BCUT2D eigenvalue weighted by molar-refractivity contribution is -0.130. The molecule has 21 heavy (non-hydrogen) atoms. The molecule has 1 fully saturated rings. The molecule has 0 radical (unpaired) electrons. The van der Waals surface area contributed by atoms with Gasteiger partial charge in [0.25, 0.3) is 0 Å². The van der Waals surface area contributed by atoms with Crippen molar-refractivity contribution in [2.75, 3.05) is 13.1 Å². The van der Waals surface area contributed by atoms with Crippen LogP contribution in [0.3, 0.4) is 0 Å². The van der Waals surface area contributed by atoms with Crippen molar-refractivity contribution in [2.45, 2.75) is 18.9 Å². The summed E-state index contributed by atoms with van der Waals surface area (Å²) in [6.45, 7) is 2.87. The normalized spacial score (nSPS) is 25.8. The van der Waals surface area contributed by atoms with E-state index < -0.39 is 6.10 Å². The van der Waals surface area contributed by atoms with Gasteiger partial charge in [-0.25, -0.2) is 0 Å². The van der Waals surface area contributed by atoms with E-state index in [9.17, 15) is 9.90 Å². The molecule has 0 spiro atoms. The molecule has 1 aromatic carbocycles. The van der Waals surface area contributed by atoms with Gasteiger partial charge in [-0.1, -0.05) is 42.8 Å². The van der Waals surface area contributed by atoms with Crippen molar-refractivity contribution in [3.63, 3.8) is 0 Å². The zero-order chi connectivity index (χ0) is 15.4. The highest BCUT2D eigenvalue weighted by atomic mass is 35.5. The Morgan fingerprint density at radius 1 is 1.52 bits per heavy atom. The second-order valence-corrected chi connectivity index (χ2v) is 5.85. The average Bonchev–Trinajstić information content (AvgIpc) is 3.14. The summed E-state index contributed by atoms with van der Waals surface area (Å²) < 4.78 is 0. The van der Waals surface area contributed by atoms with Gasteiger partial charge in [-0.15, -0.1) is 0 Å². The van der Waals surface area contributed by atoms with Crippen LogP contribution >= 0.6 is 11.6 Å². The lowest BCUT2D eigenvalue weighted by Crippen LogP contribution is -2.36. The van der Waals surface area contributed by atoms with E-state index in [1.54, 1.807) is 12.2 Å². The summed E-state index contributed by atoms with van der Waals surface area (Å²) in [4.78, 5) is 11.9. The highest BCUT2D eigenvalue weighted by Crippen LogP contribution is 2.55. The number of amides is 1. The Balaban J connectivity index is 1.93. The molecular formula is C16H21ClN2O2. The van der Waals surface area contributed by atoms with Crippen molar-refractivity contribution in [3.05, 3.63) is 47.0 Å². The van der Waals surface area contributed by atoms with E-state index in [0.29, 0.717) is 18.1 Å². The summed E-state index contributed by atoms with van der Waals surface area (Å²) >= 11 is 5.99. The molecule has 1 aliphatic rings. The van der Waals surface area contributed by atoms with Gasteiger partial charge in [0, 0.05) is 24.0 Å². The van der Waals surface area contributed by atoms with E-state index in [-0.39, 0.29) is 23.7 Å². The first-order chi connectivity index (χ1) is 10.1. The molecule has 0 aliphatic heterocycles. The number of benzene rings is 1. The molecule has 4 nitrogen and oxygen atoms in total. The second-order valence-electron chi connectivity index (χ2n) is 5.41. The summed E-state index contributed by atoms with van der Waals surface area (Å²) in [5.74, 6) is 0.0628. The standard InChI is InChI=1S/C16H21ClN2O2/c1-10-13(11-5-4-6-12(17)9-11)14(10)15(20)16(21)19-8-3-2-7-18/h2-6,9-10,13-15,20H,7-8,18H2,1H3,(H,19,21)/b3-2+/t10-,13?,14+,15-/m0/s1. The van der Waals surface area contributed by atoms with Crippen LogP contribution in [0.4, 0.5) is 0 Å². The van der Waals surface area contributed by atoms with Crippen LogP contribution in [0, 0.1) is 11.8 Å². The monoisotopic (exact) mass is 308 g/mol. The van der Waals surface area contributed by atoms with Crippen LogP contribution in [0.25, 0.3) is 0 Å². The zero-order valence-electron chi connectivity index (χ0n) is 12.0. The fraction of sp³-hybridized carbons (Fsp3) is 0.438. The minimum absolute atomic E-state index is 0.0537. The maximum atomic E-state index is 11.9. The molecule has 1 unspecified atom stereocenters. The van der Waals surface area contributed by atoms with Crippen molar-refractivity contribution in [3.8, 4) is 0 Å². The van der Waals surface area contributed by atoms with Gasteiger partial charge >= 0.3 is 0 Å². The maximum Gasteiger partial charge on any atom is 0.249 e. The maximum absolute atomic E-state index is 11.9. The van der Waals surface area contributed by atoms with Crippen molar-refractivity contribution in [2.24, 2.45) is 17.6 Å². The van der Waals surface area contributed by atoms with Gasteiger partial charge in [-0.3, -0.25) is 4.79 Å². The summed E-state index contributed by atoms with van der Waals surface area (Å²) in [6, 6.07) is 7.60. The quantitative estimate of drug-likeness (QED) is 0.700. The molecule has 0 heterocycles. The van der Waals surface area contributed by atoms with Crippen molar-refractivity contribution >= 4 is 17.5 Å². The second kappa shape index (κ2) is 7.07. The topological polar surface area (TPSA) is 75.3 Å². The summed E-state index contributed by atoms with van der Waals surface area (Å²) in [5, 5.41) is 13.6. The van der Waals surface area contributed by atoms with Crippen LogP contribution in [-0.2, 0) is 4.79 Å². The smallest absolute Gasteiger partial charge is 0.249 e. The van der Waals surface area contributed by atoms with E-state index in [2.05, 4.69) is 5.32 Å². The van der Waals surface area contributed by atoms with Crippen molar-refractivity contribution in [1.29, 1.82) is 0 Å². The largest absolute Gasteiger partial charge is 0.383 e. The lowest BCUT2D eigenvalue weighted by atomic mass is 10.1. The Morgan fingerprint density at radius 3 is 2.95 bits per heavy atom. The van der Waals surface area contributed by atoms with E-state index >= 15 is 0 Å². The molecule has 1 saturated carbocycles. The van der Waals surface area contributed by atoms with Crippen LogP contribution in [0.5, 0.6) is 0 Å². The number of hydrogen-bond donors (Lipinski definition) is 3. The minimum Gasteiger partial charge on any atom is -0.383 e. The van der Waals surface area contributed by atoms with E-state index in [1.807, 2.05) is 31.2 Å². The molecule has 4 atom stereocenters. The average molecular weight is 309 g/mol. The van der Waals surface area contributed by atoms with Gasteiger partial charge in [0.2, 0.25) is 5.91 Å². The Bertz CT molecular complexity index is 533. The first-order valence-corrected chi connectivity index (χ1v) is 7.50. The predicted octanol–water partition coefficient (Wildman–Crippen LogP) is 1.68. The van der Waals surface area contributed by atoms with Gasteiger partial charge in [0.05, 0.1) is 0 Å². The fourth-order valence-electron chi connectivity index (χ4n) is 2.84. The molecule has 1 aromatic rings. The van der Waals surface area contributed by atoms with E-state index in [1.165, 1.54) is 0 Å². The number of nitrogens with one attached hydrogen (secondary N) is 1. The third-order valence-corrected chi connectivity index (χ3v) is 4.25. The van der Waals surface area contributed by atoms with Crippen LogP contribution in [-0.4, -0.2) is 30.2 Å². The molecule has 1 aliphatic carbocycles. The Kier molecular flexibility index (Phi) is 5.39. The number of aliphatic hydroxyl groups excluding tert-OH is 1. The number of hydrogen-bond acceptors (Lipinski definition) is 3. The van der Waals surface area contributed by atoms with Crippen LogP contribution in [0.1, 0.15) is 18.4 Å². The van der Waals surface area contributed by atoms with Crippen LogP contribution in [0.15, 0.2) is 36.4 Å². The Labute approximate surface area is 130 Å². The summed E-state index contributed by atoms with van der Waals surface area (Å²) in [7, 11) is 0. The number of carbonyl (C=O) groups excluding carboxylic acids is 1. The SMILES string of the molecule is C[C@H]1C(c2cccc(Cl)c2)[C@@H]1[C@H](O)C(=O)NC/C=C/CN. The number of carbonyl (C=O) groups is 1. The van der Waals surface area contributed by atoms with E-state index in [4.69, 9.17) is 17.3 Å². The number of nitrogens with two attached hydrogens (primary N) is 1. The third kappa shape index (κ3) is 3.84. The molecule has 5 heteroatoms. The Hall–Kier alpha value is -1.36. The Morgan fingerprint density at radius 2 is 2.29 bits per heavy atom. The van der Waals surface area contributed by atoms with E-state index in [0.717, 1.165) is 5.56 Å². The fourth-order valence-corrected chi connectivity index (χ4v) is 3.03.